The maximum absolute atomic E-state index is 5.40. The number of thioether (sulfide) groups is 1. The van der Waals surface area contributed by atoms with Crippen LogP contribution in [0.2, 0.25) is 0 Å². The van der Waals surface area contributed by atoms with Crippen LogP contribution in [0.4, 0.5) is 0 Å². The second-order valence-corrected chi connectivity index (χ2v) is 6.74. The Morgan fingerprint density at radius 3 is 3.11 bits per heavy atom. The molecule has 1 saturated heterocycles. The van der Waals surface area contributed by atoms with Crippen LogP contribution >= 0.6 is 11.8 Å². The van der Waals surface area contributed by atoms with E-state index in [1.54, 1.807) is 0 Å². The molecule has 1 aromatic heterocycles. The van der Waals surface area contributed by atoms with Gasteiger partial charge < -0.3 is 9.84 Å². The van der Waals surface area contributed by atoms with Crippen LogP contribution in [0, 0.1) is 5.92 Å². The quantitative estimate of drug-likeness (QED) is 0.910. The lowest BCUT2D eigenvalue weighted by atomic mass is 10.1. The Kier molecular flexibility index (Phi) is 3.89. The normalized spacial score (nSPS) is 32.8. The van der Waals surface area contributed by atoms with Gasteiger partial charge in [-0.3, -0.25) is 0 Å². The molecule has 0 bridgehead atoms. The van der Waals surface area contributed by atoms with Crippen molar-refractivity contribution in [1.29, 1.82) is 0 Å². The van der Waals surface area contributed by atoms with Crippen LogP contribution in [0.25, 0.3) is 0 Å². The molecule has 2 heterocycles. The predicted octanol–water partition coefficient (Wildman–Crippen LogP) is 2.22. The molecule has 3 atom stereocenters. The van der Waals surface area contributed by atoms with Crippen molar-refractivity contribution in [2.75, 3.05) is 18.1 Å². The molecule has 5 heteroatoms. The zero-order chi connectivity index (χ0) is 12.4. The van der Waals surface area contributed by atoms with Gasteiger partial charge in [0.15, 0.2) is 5.82 Å². The van der Waals surface area contributed by atoms with Gasteiger partial charge in [-0.1, -0.05) is 12.1 Å². The standard InChI is InChI=1S/C13H21N3OS/c1-9-2-3-10(6-9)13-15-12(17-16-13)7-11-8-18-5-4-14-11/h9-11,14H,2-8H2,1H3. The smallest absolute Gasteiger partial charge is 0.228 e. The van der Waals surface area contributed by atoms with E-state index in [1.165, 1.54) is 25.0 Å². The third-order valence-corrected chi connectivity index (χ3v) is 5.09. The van der Waals surface area contributed by atoms with Crippen molar-refractivity contribution in [1.82, 2.24) is 15.5 Å². The van der Waals surface area contributed by atoms with Crippen LogP contribution < -0.4 is 5.32 Å². The zero-order valence-electron chi connectivity index (χ0n) is 10.9. The molecule has 18 heavy (non-hydrogen) atoms. The Morgan fingerprint density at radius 2 is 2.39 bits per heavy atom. The molecule has 0 spiro atoms. The van der Waals surface area contributed by atoms with E-state index in [9.17, 15) is 0 Å². The van der Waals surface area contributed by atoms with Crippen LogP contribution in [0.5, 0.6) is 0 Å². The highest BCUT2D eigenvalue weighted by Gasteiger charge is 2.27. The van der Waals surface area contributed by atoms with Gasteiger partial charge in [-0.2, -0.15) is 16.7 Å². The lowest BCUT2D eigenvalue weighted by Gasteiger charge is -2.21. The van der Waals surface area contributed by atoms with Crippen LogP contribution in [0.1, 0.15) is 43.8 Å². The van der Waals surface area contributed by atoms with E-state index in [1.807, 2.05) is 11.8 Å². The molecule has 3 rings (SSSR count). The third kappa shape index (κ3) is 2.88. The Bertz CT molecular complexity index is 389. The van der Waals surface area contributed by atoms with Gasteiger partial charge in [0.1, 0.15) is 0 Å². The SMILES string of the molecule is CC1CCC(c2noc(CC3CSCCN3)n2)C1. The maximum Gasteiger partial charge on any atom is 0.228 e. The Morgan fingerprint density at radius 1 is 1.44 bits per heavy atom. The van der Waals surface area contributed by atoms with Gasteiger partial charge in [-0.15, -0.1) is 0 Å². The molecule has 2 fully saturated rings. The van der Waals surface area contributed by atoms with E-state index >= 15 is 0 Å². The molecule has 1 saturated carbocycles. The van der Waals surface area contributed by atoms with Crippen molar-refractivity contribution >= 4 is 11.8 Å². The molecule has 1 N–H and O–H groups in total. The number of hydrogen-bond acceptors (Lipinski definition) is 5. The topological polar surface area (TPSA) is 51.0 Å². The summed E-state index contributed by atoms with van der Waals surface area (Å²) in [4.78, 5) is 4.59. The van der Waals surface area contributed by atoms with E-state index in [2.05, 4.69) is 22.4 Å². The summed E-state index contributed by atoms with van der Waals surface area (Å²) in [5.41, 5.74) is 0. The first-order valence-corrected chi connectivity index (χ1v) is 8.10. The van der Waals surface area contributed by atoms with Crippen LogP contribution in [-0.2, 0) is 6.42 Å². The first kappa shape index (κ1) is 12.5. The zero-order valence-corrected chi connectivity index (χ0v) is 11.7. The van der Waals surface area contributed by atoms with Crippen molar-refractivity contribution < 1.29 is 4.52 Å². The minimum absolute atomic E-state index is 0.500. The summed E-state index contributed by atoms with van der Waals surface area (Å²) in [7, 11) is 0. The summed E-state index contributed by atoms with van der Waals surface area (Å²) in [5.74, 6) is 5.46. The summed E-state index contributed by atoms with van der Waals surface area (Å²) in [6, 6.07) is 0.500. The molecule has 100 valence electrons. The van der Waals surface area contributed by atoms with E-state index < -0.39 is 0 Å². The summed E-state index contributed by atoms with van der Waals surface area (Å²) in [5, 5.41) is 7.68. The summed E-state index contributed by atoms with van der Waals surface area (Å²) >= 11 is 2.00. The monoisotopic (exact) mass is 267 g/mol. The third-order valence-electron chi connectivity index (χ3n) is 3.96. The molecule has 4 nitrogen and oxygen atoms in total. The largest absolute Gasteiger partial charge is 0.339 e. The molecule has 3 unspecified atom stereocenters. The number of nitrogens with one attached hydrogen (secondary N) is 1. The van der Waals surface area contributed by atoms with Gasteiger partial charge in [-0.05, 0) is 25.2 Å². The molecular weight excluding hydrogens is 246 g/mol. The van der Waals surface area contributed by atoms with E-state index in [4.69, 9.17) is 4.52 Å². The van der Waals surface area contributed by atoms with Crippen molar-refractivity contribution in [3.63, 3.8) is 0 Å². The first-order valence-electron chi connectivity index (χ1n) is 6.95. The molecule has 1 aliphatic carbocycles. The van der Waals surface area contributed by atoms with Crippen LogP contribution in [-0.4, -0.2) is 34.2 Å². The molecule has 0 aromatic carbocycles. The summed E-state index contributed by atoms with van der Waals surface area (Å²) in [6.07, 6.45) is 4.62. The maximum atomic E-state index is 5.40. The Labute approximate surface area is 112 Å². The molecule has 1 aliphatic heterocycles. The van der Waals surface area contributed by atoms with Crippen molar-refractivity contribution in [3.8, 4) is 0 Å². The number of nitrogens with zero attached hydrogens (tertiary/aromatic N) is 2. The van der Waals surface area contributed by atoms with Gasteiger partial charge in [0.25, 0.3) is 0 Å². The summed E-state index contributed by atoms with van der Waals surface area (Å²) in [6.45, 7) is 3.40. The van der Waals surface area contributed by atoms with Crippen LogP contribution in [0.15, 0.2) is 4.52 Å². The number of hydrogen-bond donors (Lipinski definition) is 1. The predicted molar refractivity (Wildman–Crippen MR) is 72.9 cm³/mol. The molecule has 0 amide bonds. The highest BCUT2D eigenvalue weighted by Crippen LogP contribution is 2.36. The molecule has 2 aliphatic rings. The number of rotatable bonds is 3. The lowest BCUT2D eigenvalue weighted by Crippen LogP contribution is -2.38. The van der Waals surface area contributed by atoms with E-state index in [0.29, 0.717) is 12.0 Å². The fourth-order valence-electron chi connectivity index (χ4n) is 2.92. The van der Waals surface area contributed by atoms with Crippen LogP contribution in [0.3, 0.4) is 0 Å². The van der Waals surface area contributed by atoms with Crippen molar-refractivity contribution in [3.05, 3.63) is 11.7 Å². The van der Waals surface area contributed by atoms with Gasteiger partial charge in [0.05, 0.1) is 0 Å². The second-order valence-electron chi connectivity index (χ2n) is 5.59. The minimum atomic E-state index is 0.500. The highest BCUT2D eigenvalue weighted by molar-refractivity contribution is 7.99. The van der Waals surface area contributed by atoms with Crippen molar-refractivity contribution in [2.24, 2.45) is 5.92 Å². The van der Waals surface area contributed by atoms with Crippen molar-refractivity contribution in [2.45, 2.75) is 44.6 Å². The Hall–Kier alpha value is -0.550. The fraction of sp³-hybridized carbons (Fsp3) is 0.846. The number of aromatic nitrogens is 2. The molecule has 0 radical (unpaired) electrons. The van der Waals surface area contributed by atoms with Gasteiger partial charge in [0.2, 0.25) is 5.89 Å². The first-order chi connectivity index (χ1) is 8.81. The van der Waals surface area contributed by atoms with E-state index in [-0.39, 0.29) is 0 Å². The average Bonchev–Trinajstić information content (AvgIpc) is 2.99. The van der Waals surface area contributed by atoms with Gasteiger partial charge in [0, 0.05) is 36.4 Å². The molecular formula is C13H21N3OS. The Balaban J connectivity index is 1.59. The minimum Gasteiger partial charge on any atom is -0.339 e. The highest BCUT2D eigenvalue weighted by atomic mass is 32.2. The second kappa shape index (κ2) is 5.61. The molecule has 1 aromatic rings. The van der Waals surface area contributed by atoms with Gasteiger partial charge in [-0.25, -0.2) is 0 Å². The average molecular weight is 267 g/mol. The summed E-state index contributed by atoms with van der Waals surface area (Å²) < 4.78 is 5.40. The van der Waals surface area contributed by atoms with E-state index in [0.717, 1.165) is 36.4 Å². The fourth-order valence-corrected chi connectivity index (χ4v) is 3.87. The lowest BCUT2D eigenvalue weighted by molar-refractivity contribution is 0.355. The van der Waals surface area contributed by atoms with Gasteiger partial charge >= 0.3 is 0 Å².